The van der Waals surface area contributed by atoms with Gasteiger partial charge in [0, 0.05) is 12.2 Å². The van der Waals surface area contributed by atoms with E-state index in [-0.39, 0.29) is 0 Å². The van der Waals surface area contributed by atoms with Crippen LogP contribution in [0.25, 0.3) is 0 Å². The summed E-state index contributed by atoms with van der Waals surface area (Å²) in [6.45, 7) is 1.27. The Kier molecular flexibility index (Phi) is 5.83. The Balaban J connectivity index is 1.79. The number of aromatic nitrogens is 3. The summed E-state index contributed by atoms with van der Waals surface area (Å²) < 4.78 is 2.13. The Morgan fingerprint density at radius 3 is 2.60 bits per heavy atom. The Bertz CT molecular complexity index is 867. The fourth-order valence-corrected chi connectivity index (χ4v) is 3.44. The van der Waals surface area contributed by atoms with Crippen molar-refractivity contribution in [2.45, 2.75) is 23.9 Å². The zero-order valence-corrected chi connectivity index (χ0v) is 14.6. The summed E-state index contributed by atoms with van der Waals surface area (Å²) in [7, 11) is 0. The largest absolute Gasteiger partial charge is 0.330 e. The van der Waals surface area contributed by atoms with Gasteiger partial charge in [-0.25, -0.2) is 0 Å². The van der Waals surface area contributed by atoms with Crippen molar-refractivity contribution < 1.29 is 0 Å². The van der Waals surface area contributed by atoms with Crippen LogP contribution in [0.4, 0.5) is 0 Å². The number of thioether (sulfide) groups is 1. The fourth-order valence-electron chi connectivity index (χ4n) is 2.54. The smallest absolute Gasteiger partial charge is 0.191 e. The normalized spacial score (nSPS) is 10.6. The minimum atomic E-state index is 0.543. The summed E-state index contributed by atoms with van der Waals surface area (Å²) in [5, 5.41) is 18.5. The first-order valence-electron chi connectivity index (χ1n) is 8.08. The molecule has 0 saturated heterocycles. The highest BCUT2D eigenvalue weighted by Gasteiger charge is 2.13. The summed E-state index contributed by atoms with van der Waals surface area (Å²) in [4.78, 5) is 0. The number of benzene rings is 2. The lowest BCUT2D eigenvalue weighted by Crippen LogP contribution is -2.11. The molecular weight excluding hydrogens is 330 g/mol. The molecule has 0 aliphatic heterocycles. The van der Waals surface area contributed by atoms with Crippen molar-refractivity contribution in [2.75, 3.05) is 6.54 Å². The summed E-state index contributed by atoms with van der Waals surface area (Å²) in [6, 6.07) is 20.1. The Morgan fingerprint density at radius 1 is 1.04 bits per heavy atom. The predicted molar refractivity (Wildman–Crippen MR) is 99.0 cm³/mol. The molecule has 0 aliphatic carbocycles. The third-order valence-electron chi connectivity index (χ3n) is 3.77. The molecule has 0 amide bonds. The fraction of sp³-hybridized carbons (Fsp3) is 0.211. The monoisotopic (exact) mass is 349 g/mol. The molecule has 0 fully saturated rings. The van der Waals surface area contributed by atoms with Gasteiger partial charge >= 0.3 is 0 Å². The summed E-state index contributed by atoms with van der Waals surface area (Å²) >= 11 is 1.62. The number of hydrogen-bond donors (Lipinski definition) is 1. The molecule has 2 N–H and O–H groups in total. The molecule has 3 aromatic rings. The number of nitrogens with two attached hydrogens (primary N) is 1. The first-order chi connectivity index (χ1) is 12.3. The van der Waals surface area contributed by atoms with Crippen LogP contribution in [0.2, 0.25) is 0 Å². The second kappa shape index (κ2) is 8.47. The molecule has 0 radical (unpaired) electrons. The van der Waals surface area contributed by atoms with Gasteiger partial charge in [0.25, 0.3) is 0 Å². The van der Waals surface area contributed by atoms with E-state index in [9.17, 15) is 0 Å². The maximum Gasteiger partial charge on any atom is 0.191 e. The molecule has 3 rings (SSSR count). The summed E-state index contributed by atoms with van der Waals surface area (Å²) in [6.07, 6.45) is 0.699. The standard InChI is InChI=1S/C19H19N5S/c20-10-9-18-22-23-19(24(18)13-15-5-2-1-3-6-15)25-14-17-8-4-7-16(11-17)12-21/h1-8,11H,9-10,13-14,20H2. The minimum Gasteiger partial charge on any atom is -0.330 e. The molecule has 5 nitrogen and oxygen atoms in total. The van der Waals surface area contributed by atoms with Crippen molar-refractivity contribution in [3.05, 3.63) is 77.1 Å². The second-order valence-electron chi connectivity index (χ2n) is 5.61. The highest BCUT2D eigenvalue weighted by molar-refractivity contribution is 7.98. The van der Waals surface area contributed by atoms with E-state index in [0.717, 1.165) is 28.8 Å². The van der Waals surface area contributed by atoms with Gasteiger partial charge in [-0.05, 0) is 29.8 Å². The lowest BCUT2D eigenvalue weighted by atomic mass is 10.2. The molecular formula is C19H19N5S. The van der Waals surface area contributed by atoms with Crippen LogP contribution in [0.15, 0.2) is 59.8 Å². The summed E-state index contributed by atoms with van der Waals surface area (Å²) in [5.41, 5.74) is 8.68. The molecule has 0 bridgehead atoms. The molecule has 0 unspecified atom stereocenters. The van der Waals surface area contributed by atoms with Crippen LogP contribution in [-0.4, -0.2) is 21.3 Å². The quantitative estimate of drug-likeness (QED) is 0.663. The maximum absolute atomic E-state index is 9.02. The van der Waals surface area contributed by atoms with Gasteiger partial charge in [-0.15, -0.1) is 10.2 Å². The highest BCUT2D eigenvalue weighted by Crippen LogP contribution is 2.23. The third kappa shape index (κ3) is 4.47. The first-order valence-corrected chi connectivity index (χ1v) is 9.06. The maximum atomic E-state index is 9.02. The molecule has 1 heterocycles. The van der Waals surface area contributed by atoms with Crippen LogP contribution in [0.1, 0.15) is 22.5 Å². The van der Waals surface area contributed by atoms with E-state index >= 15 is 0 Å². The van der Waals surface area contributed by atoms with Gasteiger partial charge in [-0.1, -0.05) is 54.2 Å². The van der Waals surface area contributed by atoms with Gasteiger partial charge in [0.05, 0.1) is 18.2 Å². The molecule has 0 aliphatic rings. The van der Waals surface area contributed by atoms with Gasteiger partial charge in [0.1, 0.15) is 5.82 Å². The van der Waals surface area contributed by atoms with Crippen LogP contribution >= 0.6 is 11.8 Å². The average Bonchev–Trinajstić information content (AvgIpc) is 3.03. The van der Waals surface area contributed by atoms with Crippen molar-refractivity contribution in [1.82, 2.24) is 14.8 Å². The Hall–Kier alpha value is -2.62. The van der Waals surface area contributed by atoms with E-state index in [1.165, 1.54) is 5.56 Å². The van der Waals surface area contributed by atoms with Gasteiger partial charge < -0.3 is 10.3 Å². The average molecular weight is 349 g/mol. The van der Waals surface area contributed by atoms with Gasteiger partial charge in [-0.3, -0.25) is 0 Å². The van der Waals surface area contributed by atoms with Crippen molar-refractivity contribution in [1.29, 1.82) is 5.26 Å². The summed E-state index contributed by atoms with van der Waals surface area (Å²) in [5.74, 6) is 1.64. The van der Waals surface area contributed by atoms with E-state index in [4.69, 9.17) is 11.0 Å². The zero-order valence-electron chi connectivity index (χ0n) is 13.8. The van der Waals surface area contributed by atoms with E-state index < -0.39 is 0 Å². The Labute approximate surface area is 151 Å². The third-order valence-corrected chi connectivity index (χ3v) is 4.81. The molecule has 0 atom stereocenters. The lowest BCUT2D eigenvalue weighted by Gasteiger charge is -2.10. The number of nitriles is 1. The molecule has 0 spiro atoms. The van der Waals surface area contributed by atoms with Crippen LogP contribution in [-0.2, 0) is 18.7 Å². The Morgan fingerprint density at radius 2 is 1.84 bits per heavy atom. The highest BCUT2D eigenvalue weighted by atomic mass is 32.2. The van der Waals surface area contributed by atoms with Crippen LogP contribution in [0.3, 0.4) is 0 Å². The van der Waals surface area contributed by atoms with Crippen LogP contribution in [0.5, 0.6) is 0 Å². The van der Waals surface area contributed by atoms with Gasteiger partial charge in [0.15, 0.2) is 5.16 Å². The molecule has 6 heteroatoms. The van der Waals surface area contributed by atoms with Gasteiger partial charge in [-0.2, -0.15) is 5.26 Å². The number of rotatable bonds is 7. The van der Waals surface area contributed by atoms with Gasteiger partial charge in [0.2, 0.25) is 0 Å². The van der Waals surface area contributed by atoms with E-state index in [2.05, 4.69) is 33.0 Å². The first kappa shape index (κ1) is 17.2. The molecule has 2 aromatic carbocycles. The molecule has 126 valence electrons. The molecule has 1 aromatic heterocycles. The minimum absolute atomic E-state index is 0.543. The SMILES string of the molecule is N#Cc1cccc(CSc2nnc(CCN)n2Cc2ccccc2)c1. The van der Waals surface area contributed by atoms with Crippen molar-refractivity contribution in [2.24, 2.45) is 5.73 Å². The number of nitrogens with zero attached hydrogens (tertiary/aromatic N) is 4. The zero-order chi connectivity index (χ0) is 17.5. The van der Waals surface area contributed by atoms with Crippen LogP contribution in [0, 0.1) is 11.3 Å². The topological polar surface area (TPSA) is 80.5 Å². The second-order valence-corrected chi connectivity index (χ2v) is 6.55. The van der Waals surface area contributed by atoms with Crippen LogP contribution < -0.4 is 5.73 Å². The molecule has 0 saturated carbocycles. The van der Waals surface area contributed by atoms with Crippen molar-refractivity contribution >= 4 is 11.8 Å². The van der Waals surface area contributed by atoms with E-state index in [1.54, 1.807) is 11.8 Å². The number of hydrogen-bond acceptors (Lipinski definition) is 5. The predicted octanol–water partition coefficient (Wildman–Crippen LogP) is 2.99. The van der Waals surface area contributed by atoms with E-state index in [1.807, 2.05) is 42.5 Å². The lowest BCUT2D eigenvalue weighted by molar-refractivity contribution is 0.663. The van der Waals surface area contributed by atoms with Crippen molar-refractivity contribution in [3.63, 3.8) is 0 Å². The van der Waals surface area contributed by atoms with Crippen molar-refractivity contribution in [3.8, 4) is 6.07 Å². The van der Waals surface area contributed by atoms with E-state index in [0.29, 0.717) is 18.5 Å². The molecule has 25 heavy (non-hydrogen) atoms.